The van der Waals surface area contributed by atoms with Gasteiger partial charge in [-0.15, -0.1) is 0 Å². The van der Waals surface area contributed by atoms with E-state index in [2.05, 4.69) is 15.6 Å². The van der Waals surface area contributed by atoms with Crippen molar-refractivity contribution in [3.63, 3.8) is 0 Å². The molecule has 1 saturated carbocycles. The average Bonchev–Trinajstić information content (AvgIpc) is 3.44. The minimum absolute atomic E-state index is 0.120. The fourth-order valence-corrected chi connectivity index (χ4v) is 4.90. The molecular weight excluding hydrogens is 475 g/mol. The van der Waals surface area contributed by atoms with Crippen LogP contribution in [0.3, 0.4) is 0 Å². The maximum atomic E-state index is 14.8. The number of nitrogens with one attached hydrogen (secondary N) is 3. The number of amides is 3. The highest BCUT2D eigenvalue weighted by Crippen LogP contribution is 2.26. The number of halogens is 2. The molecule has 3 aromatic rings. The summed E-state index contributed by atoms with van der Waals surface area (Å²) in [5.74, 6) is -1.55. The van der Waals surface area contributed by atoms with E-state index in [1.165, 1.54) is 23.1 Å². The Morgan fingerprint density at radius 1 is 1.06 bits per heavy atom. The van der Waals surface area contributed by atoms with Crippen LogP contribution in [0.25, 0.3) is 10.9 Å². The Morgan fingerprint density at radius 3 is 2.57 bits per heavy atom. The summed E-state index contributed by atoms with van der Waals surface area (Å²) in [6, 6.07) is 8.67. The average molecular weight is 499 g/mol. The number of anilines is 1. The van der Waals surface area contributed by atoms with Crippen molar-refractivity contribution >= 4 is 46.1 Å². The van der Waals surface area contributed by atoms with E-state index in [1.54, 1.807) is 24.4 Å². The van der Waals surface area contributed by atoms with E-state index >= 15 is 0 Å². The largest absolute Gasteiger partial charge is 0.449 e. The van der Waals surface area contributed by atoms with Gasteiger partial charge in [0.15, 0.2) is 0 Å². The van der Waals surface area contributed by atoms with Crippen molar-refractivity contribution in [2.45, 2.75) is 37.8 Å². The Morgan fingerprint density at radius 2 is 1.83 bits per heavy atom. The molecule has 1 saturated heterocycles. The van der Waals surface area contributed by atoms with Gasteiger partial charge < -0.3 is 20.4 Å². The van der Waals surface area contributed by atoms with E-state index in [9.17, 15) is 18.8 Å². The third-order valence-corrected chi connectivity index (χ3v) is 6.84. The molecule has 3 N–H and O–H groups in total. The first-order valence-corrected chi connectivity index (χ1v) is 11.9. The summed E-state index contributed by atoms with van der Waals surface area (Å²) in [5, 5.41) is 7.27. The van der Waals surface area contributed by atoms with Crippen LogP contribution in [0.5, 0.6) is 0 Å². The van der Waals surface area contributed by atoms with E-state index in [0.29, 0.717) is 48.7 Å². The van der Waals surface area contributed by atoms with Crippen molar-refractivity contribution in [3.05, 3.63) is 64.6 Å². The van der Waals surface area contributed by atoms with E-state index < -0.39 is 17.8 Å². The van der Waals surface area contributed by atoms with Crippen molar-refractivity contribution in [2.75, 3.05) is 18.1 Å². The lowest BCUT2D eigenvalue weighted by atomic mass is 10.1. The van der Waals surface area contributed by atoms with Gasteiger partial charge in [-0.25, -0.2) is 9.18 Å². The number of rotatable bonds is 5. The molecule has 0 bridgehead atoms. The summed E-state index contributed by atoms with van der Waals surface area (Å²) < 4.78 is 19.8. The number of hydrogen-bond donors (Lipinski definition) is 3. The van der Waals surface area contributed by atoms with Gasteiger partial charge >= 0.3 is 6.09 Å². The molecule has 2 aromatic carbocycles. The van der Waals surface area contributed by atoms with Gasteiger partial charge in [0.05, 0.1) is 17.2 Å². The number of fused-ring (bicyclic) bond motifs is 1. The summed E-state index contributed by atoms with van der Waals surface area (Å²) in [4.78, 5) is 42.0. The number of ether oxygens (including phenoxy) is 1. The number of benzene rings is 2. The normalized spacial score (nSPS) is 20.1. The van der Waals surface area contributed by atoms with Crippen molar-refractivity contribution in [3.8, 4) is 0 Å². The number of aromatic nitrogens is 1. The van der Waals surface area contributed by atoms with Crippen molar-refractivity contribution in [1.29, 1.82) is 0 Å². The van der Waals surface area contributed by atoms with E-state index in [1.807, 2.05) is 0 Å². The van der Waals surface area contributed by atoms with Crippen LogP contribution in [0.4, 0.5) is 14.9 Å². The minimum atomic E-state index is -0.727. The molecule has 2 heterocycles. The SMILES string of the molecule is O=C(N[C@@H]1CCC[C@@H]1NC(=O)c1ccc(N2CCCOC2=O)cc1F)c1ccc2c(Cl)c[nH]c2c1. The van der Waals surface area contributed by atoms with Gasteiger partial charge in [-0.05, 0) is 56.0 Å². The lowest BCUT2D eigenvalue weighted by Crippen LogP contribution is -2.48. The van der Waals surface area contributed by atoms with Gasteiger partial charge in [0, 0.05) is 47.0 Å². The third-order valence-electron chi connectivity index (χ3n) is 6.52. The second-order valence-corrected chi connectivity index (χ2v) is 9.18. The monoisotopic (exact) mass is 498 g/mol. The van der Waals surface area contributed by atoms with Crippen LogP contribution in [0.15, 0.2) is 42.6 Å². The van der Waals surface area contributed by atoms with E-state index in [4.69, 9.17) is 16.3 Å². The predicted molar refractivity (Wildman–Crippen MR) is 129 cm³/mol. The second kappa shape index (κ2) is 9.58. The molecule has 0 unspecified atom stereocenters. The van der Waals surface area contributed by atoms with Crippen LogP contribution < -0.4 is 15.5 Å². The van der Waals surface area contributed by atoms with Crippen molar-refractivity contribution < 1.29 is 23.5 Å². The smallest absolute Gasteiger partial charge is 0.414 e. The molecule has 8 nitrogen and oxygen atoms in total. The number of hydrogen-bond acceptors (Lipinski definition) is 4. The third kappa shape index (κ3) is 4.68. The Hall–Kier alpha value is -3.59. The first-order valence-electron chi connectivity index (χ1n) is 11.5. The fraction of sp³-hybridized carbons (Fsp3) is 0.320. The van der Waals surface area contributed by atoms with Crippen molar-refractivity contribution in [2.24, 2.45) is 0 Å². The summed E-state index contributed by atoms with van der Waals surface area (Å²) in [6.07, 6.45) is 3.97. The molecule has 182 valence electrons. The van der Waals surface area contributed by atoms with Crippen LogP contribution in [0.2, 0.25) is 5.02 Å². The summed E-state index contributed by atoms with van der Waals surface area (Å²) in [7, 11) is 0. The number of cyclic esters (lactones) is 1. The van der Waals surface area contributed by atoms with Gasteiger partial charge in [-0.1, -0.05) is 17.7 Å². The van der Waals surface area contributed by atoms with Crippen LogP contribution in [0.1, 0.15) is 46.4 Å². The molecule has 1 aliphatic carbocycles. The Bertz CT molecular complexity index is 1310. The van der Waals surface area contributed by atoms with Crippen LogP contribution in [-0.2, 0) is 4.74 Å². The van der Waals surface area contributed by atoms with Gasteiger partial charge in [0.25, 0.3) is 11.8 Å². The van der Waals surface area contributed by atoms with Gasteiger partial charge in [-0.3, -0.25) is 14.5 Å². The maximum Gasteiger partial charge on any atom is 0.414 e. The number of nitrogens with zero attached hydrogens (tertiary/aromatic N) is 1. The molecule has 5 rings (SSSR count). The van der Waals surface area contributed by atoms with E-state index in [-0.39, 0.29) is 23.6 Å². The molecule has 0 radical (unpaired) electrons. The highest BCUT2D eigenvalue weighted by Gasteiger charge is 2.31. The molecule has 2 aliphatic rings. The lowest BCUT2D eigenvalue weighted by Gasteiger charge is -2.26. The zero-order valence-electron chi connectivity index (χ0n) is 18.8. The molecule has 3 amide bonds. The predicted octanol–water partition coefficient (Wildman–Crippen LogP) is 4.39. The molecule has 1 aliphatic heterocycles. The molecule has 1 aromatic heterocycles. The summed E-state index contributed by atoms with van der Waals surface area (Å²) in [5.41, 5.74) is 1.46. The van der Waals surface area contributed by atoms with E-state index in [0.717, 1.165) is 17.3 Å². The van der Waals surface area contributed by atoms with Gasteiger partial charge in [0.1, 0.15) is 5.82 Å². The van der Waals surface area contributed by atoms with Crippen LogP contribution >= 0.6 is 11.6 Å². The van der Waals surface area contributed by atoms with Gasteiger partial charge in [0.2, 0.25) is 0 Å². The first kappa shape index (κ1) is 23.2. The van der Waals surface area contributed by atoms with Gasteiger partial charge in [-0.2, -0.15) is 0 Å². The Kier molecular flexibility index (Phi) is 6.34. The number of carbonyl (C=O) groups is 3. The second-order valence-electron chi connectivity index (χ2n) is 8.77. The Labute approximate surface area is 205 Å². The number of aromatic amines is 1. The zero-order chi connectivity index (χ0) is 24.5. The zero-order valence-corrected chi connectivity index (χ0v) is 19.5. The first-order chi connectivity index (χ1) is 16.9. The summed E-state index contributed by atoms with van der Waals surface area (Å²) >= 11 is 6.10. The topological polar surface area (TPSA) is 104 Å². The molecule has 2 atom stereocenters. The number of carbonyl (C=O) groups excluding carboxylic acids is 3. The molecular formula is C25H24ClFN4O4. The molecule has 10 heteroatoms. The fourth-order valence-electron chi connectivity index (χ4n) is 4.68. The standard InChI is InChI=1S/C25H24ClFN4O4/c26-18-13-28-22-11-14(5-7-16(18)22)23(32)29-20-3-1-4-21(20)30-24(33)17-8-6-15(12-19(17)27)31-9-2-10-35-25(31)34/h5-8,11-13,20-21,28H,1-4,9-10H2,(H,29,32)(H,30,33)/t20-,21+/m1/s1. The molecule has 35 heavy (non-hydrogen) atoms. The maximum absolute atomic E-state index is 14.8. The quantitative estimate of drug-likeness (QED) is 0.485. The molecule has 0 spiro atoms. The van der Waals surface area contributed by atoms with Crippen LogP contribution in [-0.4, -0.2) is 48.1 Å². The highest BCUT2D eigenvalue weighted by molar-refractivity contribution is 6.35. The number of H-pyrrole nitrogens is 1. The summed E-state index contributed by atoms with van der Waals surface area (Å²) in [6.45, 7) is 0.767. The lowest BCUT2D eigenvalue weighted by molar-refractivity contribution is 0.0889. The molecule has 2 fully saturated rings. The minimum Gasteiger partial charge on any atom is -0.449 e. The Balaban J connectivity index is 1.24. The van der Waals surface area contributed by atoms with Crippen molar-refractivity contribution in [1.82, 2.24) is 15.6 Å². The van der Waals surface area contributed by atoms with Crippen LogP contribution in [0, 0.1) is 5.82 Å². The highest BCUT2D eigenvalue weighted by atomic mass is 35.5.